The maximum absolute atomic E-state index is 11.4. The fourth-order valence-corrected chi connectivity index (χ4v) is 1.32. The van der Waals surface area contributed by atoms with Crippen molar-refractivity contribution in [2.75, 3.05) is 0 Å². The molecule has 96 valence electrons. The number of rotatable bonds is 6. The number of carbonyl (C=O) groups is 2. The second-order valence-corrected chi connectivity index (χ2v) is 3.69. The van der Waals surface area contributed by atoms with Crippen molar-refractivity contribution >= 4 is 12.0 Å². The molecule has 0 heterocycles. The van der Waals surface area contributed by atoms with Crippen LogP contribution in [0.3, 0.4) is 0 Å². The molecule has 0 aliphatic heterocycles. The van der Waals surface area contributed by atoms with Crippen LogP contribution >= 0.6 is 0 Å². The van der Waals surface area contributed by atoms with Gasteiger partial charge < -0.3 is 15.8 Å². The molecule has 5 nitrogen and oxygen atoms in total. The molecule has 3 N–H and O–H groups in total. The molecule has 0 aliphatic rings. The van der Waals surface area contributed by atoms with E-state index in [1.54, 1.807) is 0 Å². The summed E-state index contributed by atoms with van der Waals surface area (Å²) in [6, 6.07) is 8.45. The molecule has 0 unspecified atom stereocenters. The summed E-state index contributed by atoms with van der Waals surface area (Å²) in [7, 11) is 0. The number of primary amides is 1. The summed E-state index contributed by atoms with van der Waals surface area (Å²) >= 11 is 0. The van der Waals surface area contributed by atoms with Gasteiger partial charge in [0.15, 0.2) is 0 Å². The highest BCUT2D eigenvalue weighted by atomic mass is 16.5. The predicted molar refractivity (Wildman–Crippen MR) is 67.6 cm³/mol. The molecule has 1 aromatic carbocycles. The average Bonchev–Trinajstić information content (AvgIpc) is 2.37. The Hall–Kier alpha value is -2.30. The van der Waals surface area contributed by atoms with E-state index in [4.69, 9.17) is 10.5 Å². The van der Waals surface area contributed by atoms with Crippen LogP contribution in [0.15, 0.2) is 43.0 Å². The molecule has 1 aromatic rings. The summed E-state index contributed by atoms with van der Waals surface area (Å²) in [6.45, 7) is 3.63. The SMILES string of the molecule is C=CC[C@@H](NC(=O)OCc1ccccc1)C(N)=O. The van der Waals surface area contributed by atoms with Gasteiger partial charge in [0.25, 0.3) is 0 Å². The van der Waals surface area contributed by atoms with E-state index in [0.717, 1.165) is 5.56 Å². The lowest BCUT2D eigenvalue weighted by Gasteiger charge is -2.13. The van der Waals surface area contributed by atoms with Crippen LogP contribution in [0.1, 0.15) is 12.0 Å². The first-order valence-corrected chi connectivity index (χ1v) is 5.51. The third kappa shape index (κ3) is 4.69. The summed E-state index contributed by atoms with van der Waals surface area (Å²) in [4.78, 5) is 22.4. The molecule has 0 saturated heterocycles. The van der Waals surface area contributed by atoms with E-state index in [0.29, 0.717) is 0 Å². The Balaban J connectivity index is 2.41. The quantitative estimate of drug-likeness (QED) is 0.745. The lowest BCUT2D eigenvalue weighted by atomic mass is 10.2. The zero-order valence-corrected chi connectivity index (χ0v) is 9.96. The van der Waals surface area contributed by atoms with Gasteiger partial charge in [0.1, 0.15) is 12.6 Å². The van der Waals surface area contributed by atoms with Crippen LogP contribution in [0.4, 0.5) is 4.79 Å². The van der Waals surface area contributed by atoms with Gasteiger partial charge in [-0.3, -0.25) is 4.79 Å². The van der Waals surface area contributed by atoms with Crippen LogP contribution in [-0.2, 0) is 16.1 Å². The first-order chi connectivity index (χ1) is 8.63. The summed E-state index contributed by atoms with van der Waals surface area (Å²) in [5, 5.41) is 2.38. The van der Waals surface area contributed by atoms with E-state index in [9.17, 15) is 9.59 Å². The van der Waals surface area contributed by atoms with Crippen molar-refractivity contribution in [1.29, 1.82) is 0 Å². The molecule has 0 bridgehead atoms. The maximum Gasteiger partial charge on any atom is 0.408 e. The van der Waals surface area contributed by atoms with Crippen molar-refractivity contribution in [1.82, 2.24) is 5.32 Å². The minimum atomic E-state index is -0.786. The van der Waals surface area contributed by atoms with Gasteiger partial charge in [0.05, 0.1) is 0 Å². The van der Waals surface area contributed by atoms with Gasteiger partial charge in [-0.05, 0) is 12.0 Å². The van der Waals surface area contributed by atoms with Gasteiger partial charge in [-0.1, -0.05) is 36.4 Å². The summed E-state index contributed by atoms with van der Waals surface area (Å²) < 4.78 is 4.96. The second-order valence-electron chi connectivity index (χ2n) is 3.69. The number of benzene rings is 1. The first-order valence-electron chi connectivity index (χ1n) is 5.51. The number of hydrogen-bond acceptors (Lipinski definition) is 3. The van der Waals surface area contributed by atoms with Crippen LogP contribution in [-0.4, -0.2) is 18.0 Å². The number of amides is 2. The monoisotopic (exact) mass is 248 g/mol. The van der Waals surface area contributed by atoms with E-state index in [1.165, 1.54) is 6.08 Å². The summed E-state index contributed by atoms with van der Waals surface area (Å²) in [6.07, 6.45) is 1.10. The third-order valence-electron chi connectivity index (χ3n) is 2.25. The van der Waals surface area contributed by atoms with E-state index in [-0.39, 0.29) is 13.0 Å². The standard InChI is InChI=1S/C13H16N2O3/c1-2-6-11(12(14)16)15-13(17)18-9-10-7-4-3-5-8-10/h2-5,7-8,11H,1,6,9H2,(H2,14,16)(H,15,17)/t11-/m1/s1. The molecule has 0 aliphatic carbocycles. The van der Waals surface area contributed by atoms with Crippen LogP contribution in [0.5, 0.6) is 0 Å². The largest absolute Gasteiger partial charge is 0.445 e. The van der Waals surface area contributed by atoms with Crippen LogP contribution in [0.25, 0.3) is 0 Å². The van der Waals surface area contributed by atoms with Crippen LogP contribution in [0.2, 0.25) is 0 Å². The van der Waals surface area contributed by atoms with Crippen molar-refractivity contribution in [2.24, 2.45) is 5.73 Å². The van der Waals surface area contributed by atoms with E-state index >= 15 is 0 Å². The molecule has 0 radical (unpaired) electrons. The lowest BCUT2D eigenvalue weighted by molar-refractivity contribution is -0.119. The Kier molecular flexibility index (Phi) is 5.44. The van der Waals surface area contributed by atoms with Gasteiger partial charge >= 0.3 is 6.09 Å². The molecule has 2 amide bonds. The van der Waals surface area contributed by atoms with Crippen LogP contribution < -0.4 is 11.1 Å². The normalized spacial score (nSPS) is 11.3. The van der Waals surface area contributed by atoms with Crippen molar-refractivity contribution in [3.8, 4) is 0 Å². The number of carbonyl (C=O) groups excluding carboxylic acids is 2. The van der Waals surface area contributed by atoms with Gasteiger partial charge in [-0.25, -0.2) is 4.79 Å². The molecule has 1 rings (SSSR count). The molecule has 0 aromatic heterocycles. The molecular weight excluding hydrogens is 232 g/mol. The smallest absolute Gasteiger partial charge is 0.408 e. The Morgan fingerprint density at radius 3 is 2.61 bits per heavy atom. The Morgan fingerprint density at radius 1 is 1.39 bits per heavy atom. The van der Waals surface area contributed by atoms with E-state index < -0.39 is 18.0 Å². The molecule has 5 heteroatoms. The number of nitrogens with one attached hydrogen (secondary N) is 1. The van der Waals surface area contributed by atoms with Crippen molar-refractivity contribution in [3.63, 3.8) is 0 Å². The third-order valence-corrected chi connectivity index (χ3v) is 2.25. The molecule has 1 atom stereocenters. The summed E-state index contributed by atoms with van der Waals surface area (Å²) in [5.74, 6) is -0.619. The highest BCUT2D eigenvalue weighted by molar-refractivity contribution is 5.84. The van der Waals surface area contributed by atoms with Crippen molar-refractivity contribution in [3.05, 3.63) is 48.6 Å². The van der Waals surface area contributed by atoms with Crippen LogP contribution in [0, 0.1) is 0 Å². The fourth-order valence-electron chi connectivity index (χ4n) is 1.32. The molecule has 0 saturated carbocycles. The van der Waals surface area contributed by atoms with Gasteiger partial charge in [-0.2, -0.15) is 0 Å². The summed E-state index contributed by atoms with van der Waals surface area (Å²) in [5.41, 5.74) is 5.99. The topological polar surface area (TPSA) is 81.4 Å². The number of alkyl carbamates (subject to hydrolysis) is 1. The molecule has 0 spiro atoms. The predicted octanol–water partition coefficient (Wildman–Crippen LogP) is 1.34. The zero-order chi connectivity index (χ0) is 13.4. The second kappa shape index (κ2) is 7.11. The maximum atomic E-state index is 11.4. The Bertz CT molecular complexity index is 418. The van der Waals surface area contributed by atoms with Crippen molar-refractivity contribution in [2.45, 2.75) is 19.1 Å². The highest BCUT2D eigenvalue weighted by Gasteiger charge is 2.16. The molecule has 18 heavy (non-hydrogen) atoms. The first kappa shape index (κ1) is 13.8. The van der Waals surface area contributed by atoms with Gasteiger partial charge in [0, 0.05) is 0 Å². The average molecular weight is 248 g/mol. The number of hydrogen-bond donors (Lipinski definition) is 2. The van der Waals surface area contributed by atoms with E-state index in [1.807, 2.05) is 30.3 Å². The Morgan fingerprint density at radius 2 is 2.06 bits per heavy atom. The lowest BCUT2D eigenvalue weighted by Crippen LogP contribution is -2.44. The molecular formula is C13H16N2O3. The minimum Gasteiger partial charge on any atom is -0.445 e. The fraction of sp³-hybridized carbons (Fsp3) is 0.231. The molecule has 0 fully saturated rings. The zero-order valence-electron chi connectivity index (χ0n) is 9.96. The van der Waals surface area contributed by atoms with Gasteiger partial charge in [0.2, 0.25) is 5.91 Å². The van der Waals surface area contributed by atoms with Crippen molar-refractivity contribution < 1.29 is 14.3 Å². The number of nitrogens with two attached hydrogens (primary N) is 1. The highest BCUT2D eigenvalue weighted by Crippen LogP contribution is 2.01. The minimum absolute atomic E-state index is 0.145. The Labute approximate surface area is 106 Å². The van der Waals surface area contributed by atoms with E-state index in [2.05, 4.69) is 11.9 Å². The number of ether oxygens (including phenoxy) is 1. The van der Waals surface area contributed by atoms with Gasteiger partial charge in [-0.15, -0.1) is 6.58 Å².